The lowest BCUT2D eigenvalue weighted by Crippen LogP contribution is -2.22. The summed E-state index contributed by atoms with van der Waals surface area (Å²) in [5.41, 5.74) is 6.46. The van der Waals surface area contributed by atoms with Gasteiger partial charge in [0, 0.05) is 4.90 Å². The van der Waals surface area contributed by atoms with Gasteiger partial charge in [0.15, 0.2) is 5.84 Å². The number of ether oxygens (including phenoxy) is 1. The SMILES string of the molecule is CCSc1cccc(OC(C)C(C)C)c1/C(N)=N/O. The first kappa shape index (κ1) is 15.7. The zero-order valence-corrected chi connectivity index (χ0v) is 12.7. The van der Waals surface area contributed by atoms with Crippen molar-refractivity contribution in [2.75, 3.05) is 5.75 Å². The third-order valence-electron chi connectivity index (χ3n) is 2.90. The van der Waals surface area contributed by atoms with Crippen molar-refractivity contribution in [2.24, 2.45) is 16.8 Å². The van der Waals surface area contributed by atoms with Crippen molar-refractivity contribution >= 4 is 17.6 Å². The van der Waals surface area contributed by atoms with Crippen molar-refractivity contribution in [1.29, 1.82) is 0 Å². The predicted octanol–water partition coefficient (Wildman–Crippen LogP) is 3.32. The molecule has 3 N–H and O–H groups in total. The molecule has 19 heavy (non-hydrogen) atoms. The minimum Gasteiger partial charge on any atom is -0.490 e. The van der Waals surface area contributed by atoms with Crippen molar-refractivity contribution in [3.05, 3.63) is 23.8 Å². The topological polar surface area (TPSA) is 67.8 Å². The van der Waals surface area contributed by atoms with Crippen LogP contribution in [0.25, 0.3) is 0 Å². The normalized spacial score (nSPS) is 13.6. The van der Waals surface area contributed by atoms with Gasteiger partial charge in [-0.15, -0.1) is 11.8 Å². The molecule has 0 aliphatic carbocycles. The Hall–Kier alpha value is -1.36. The Kier molecular flexibility index (Phi) is 6.02. The summed E-state index contributed by atoms with van der Waals surface area (Å²) in [5.74, 6) is 2.05. The van der Waals surface area contributed by atoms with Gasteiger partial charge in [-0.1, -0.05) is 32.0 Å². The van der Waals surface area contributed by atoms with E-state index in [1.165, 1.54) is 0 Å². The second kappa shape index (κ2) is 7.28. The summed E-state index contributed by atoms with van der Waals surface area (Å²) in [6.45, 7) is 8.27. The first-order valence-corrected chi connectivity index (χ1v) is 7.40. The van der Waals surface area contributed by atoms with Crippen molar-refractivity contribution in [3.63, 3.8) is 0 Å². The number of hydrogen-bond donors (Lipinski definition) is 2. The van der Waals surface area contributed by atoms with Gasteiger partial charge in [0.25, 0.3) is 0 Å². The monoisotopic (exact) mass is 282 g/mol. The standard InChI is InChI=1S/C14H22N2O2S/c1-5-19-12-8-6-7-11(13(12)14(15)16-17)18-10(4)9(2)3/h6-10,17H,5H2,1-4H3,(H2,15,16). The first-order chi connectivity index (χ1) is 9.01. The average Bonchev–Trinajstić information content (AvgIpc) is 2.38. The molecule has 0 spiro atoms. The summed E-state index contributed by atoms with van der Waals surface area (Å²) in [7, 11) is 0. The molecule has 0 heterocycles. The number of nitrogens with two attached hydrogens (primary N) is 1. The van der Waals surface area contributed by atoms with E-state index in [-0.39, 0.29) is 11.9 Å². The van der Waals surface area contributed by atoms with Gasteiger partial charge < -0.3 is 15.7 Å². The molecule has 4 nitrogen and oxygen atoms in total. The van der Waals surface area contributed by atoms with Gasteiger partial charge in [0.2, 0.25) is 0 Å². The van der Waals surface area contributed by atoms with Crippen molar-refractivity contribution in [2.45, 2.75) is 38.7 Å². The Bertz CT molecular complexity index is 447. The molecule has 0 aliphatic heterocycles. The van der Waals surface area contributed by atoms with E-state index < -0.39 is 0 Å². The highest BCUT2D eigenvalue weighted by Crippen LogP contribution is 2.31. The summed E-state index contributed by atoms with van der Waals surface area (Å²) < 4.78 is 5.93. The zero-order valence-electron chi connectivity index (χ0n) is 11.9. The fourth-order valence-corrected chi connectivity index (χ4v) is 2.36. The molecule has 0 aromatic heterocycles. The Balaban J connectivity index is 3.19. The molecule has 0 aliphatic rings. The highest BCUT2D eigenvalue weighted by molar-refractivity contribution is 7.99. The third-order valence-corrected chi connectivity index (χ3v) is 3.84. The van der Waals surface area contributed by atoms with Crippen LogP contribution in [0.5, 0.6) is 5.75 Å². The van der Waals surface area contributed by atoms with E-state index in [9.17, 15) is 0 Å². The van der Waals surface area contributed by atoms with E-state index in [4.69, 9.17) is 15.7 Å². The lowest BCUT2D eigenvalue weighted by atomic mass is 10.1. The molecule has 0 bridgehead atoms. The lowest BCUT2D eigenvalue weighted by molar-refractivity contribution is 0.169. The summed E-state index contributed by atoms with van der Waals surface area (Å²) in [6.07, 6.45) is 0.0621. The summed E-state index contributed by atoms with van der Waals surface area (Å²) in [6, 6.07) is 5.73. The van der Waals surface area contributed by atoms with Crippen LogP contribution < -0.4 is 10.5 Å². The quantitative estimate of drug-likeness (QED) is 0.276. The zero-order chi connectivity index (χ0) is 14.4. The second-order valence-corrected chi connectivity index (χ2v) is 5.92. The van der Waals surface area contributed by atoms with E-state index in [1.54, 1.807) is 11.8 Å². The van der Waals surface area contributed by atoms with Gasteiger partial charge in [-0.2, -0.15) is 0 Å². The van der Waals surface area contributed by atoms with Gasteiger partial charge in [-0.25, -0.2) is 0 Å². The van der Waals surface area contributed by atoms with Crippen LogP contribution in [-0.4, -0.2) is 22.9 Å². The van der Waals surface area contributed by atoms with Gasteiger partial charge in [-0.05, 0) is 30.7 Å². The van der Waals surface area contributed by atoms with Gasteiger partial charge in [-0.3, -0.25) is 0 Å². The number of nitrogens with zero attached hydrogens (tertiary/aromatic N) is 1. The summed E-state index contributed by atoms with van der Waals surface area (Å²) in [5, 5.41) is 12.1. The smallest absolute Gasteiger partial charge is 0.174 e. The second-order valence-electron chi connectivity index (χ2n) is 4.61. The predicted molar refractivity (Wildman–Crippen MR) is 80.3 cm³/mol. The fraction of sp³-hybridized carbons (Fsp3) is 0.500. The average molecular weight is 282 g/mol. The van der Waals surface area contributed by atoms with Crippen LogP contribution in [0.1, 0.15) is 33.3 Å². The van der Waals surface area contributed by atoms with Crippen LogP contribution in [-0.2, 0) is 0 Å². The molecular weight excluding hydrogens is 260 g/mol. The van der Waals surface area contributed by atoms with E-state index >= 15 is 0 Å². The van der Waals surface area contributed by atoms with Gasteiger partial charge in [0.05, 0.1) is 11.7 Å². The highest BCUT2D eigenvalue weighted by atomic mass is 32.2. The molecule has 1 aromatic carbocycles. The molecule has 1 atom stereocenters. The number of amidine groups is 1. The molecule has 0 fully saturated rings. The van der Waals surface area contributed by atoms with Crippen molar-refractivity contribution in [1.82, 2.24) is 0 Å². The van der Waals surface area contributed by atoms with Gasteiger partial charge >= 0.3 is 0 Å². The molecule has 5 heteroatoms. The van der Waals surface area contributed by atoms with Crippen LogP contribution in [0.2, 0.25) is 0 Å². The number of oxime groups is 1. The highest BCUT2D eigenvalue weighted by Gasteiger charge is 2.17. The molecule has 0 amide bonds. The van der Waals surface area contributed by atoms with Crippen LogP contribution in [0.3, 0.4) is 0 Å². The Morgan fingerprint density at radius 1 is 1.42 bits per heavy atom. The summed E-state index contributed by atoms with van der Waals surface area (Å²) >= 11 is 1.64. The molecular formula is C14H22N2O2S. The van der Waals surface area contributed by atoms with Crippen molar-refractivity contribution < 1.29 is 9.94 Å². The van der Waals surface area contributed by atoms with Crippen LogP contribution in [0, 0.1) is 5.92 Å². The lowest BCUT2D eigenvalue weighted by Gasteiger charge is -2.21. The summed E-state index contributed by atoms with van der Waals surface area (Å²) in [4.78, 5) is 0.964. The molecule has 0 saturated carbocycles. The van der Waals surface area contributed by atoms with Crippen LogP contribution in [0.4, 0.5) is 0 Å². The maximum absolute atomic E-state index is 8.95. The minimum absolute atomic E-state index is 0.0621. The molecule has 0 radical (unpaired) electrons. The van der Waals surface area contributed by atoms with Crippen molar-refractivity contribution in [3.8, 4) is 5.75 Å². The molecule has 1 unspecified atom stereocenters. The molecule has 0 saturated heterocycles. The third kappa shape index (κ3) is 4.06. The largest absolute Gasteiger partial charge is 0.490 e. The van der Waals surface area contributed by atoms with Crippen LogP contribution in [0.15, 0.2) is 28.3 Å². The maximum atomic E-state index is 8.95. The Morgan fingerprint density at radius 2 is 2.11 bits per heavy atom. The number of thioether (sulfide) groups is 1. The molecule has 106 valence electrons. The molecule has 1 rings (SSSR count). The minimum atomic E-state index is 0.0621. The van der Waals surface area contributed by atoms with E-state index in [1.807, 2.05) is 25.1 Å². The van der Waals surface area contributed by atoms with E-state index in [0.29, 0.717) is 17.2 Å². The van der Waals surface area contributed by atoms with E-state index in [2.05, 4.69) is 25.9 Å². The number of hydrogen-bond acceptors (Lipinski definition) is 4. The molecule has 1 aromatic rings. The van der Waals surface area contributed by atoms with Gasteiger partial charge in [0.1, 0.15) is 5.75 Å². The fourth-order valence-electron chi connectivity index (χ4n) is 1.52. The number of benzene rings is 1. The van der Waals surface area contributed by atoms with Crippen LogP contribution >= 0.6 is 11.8 Å². The Labute approximate surface area is 119 Å². The van der Waals surface area contributed by atoms with E-state index in [0.717, 1.165) is 10.6 Å². The Morgan fingerprint density at radius 3 is 2.63 bits per heavy atom. The first-order valence-electron chi connectivity index (χ1n) is 6.41. The maximum Gasteiger partial charge on any atom is 0.174 e. The number of rotatable bonds is 6.